The van der Waals surface area contributed by atoms with Crippen molar-refractivity contribution in [2.24, 2.45) is 0 Å². The van der Waals surface area contributed by atoms with Crippen molar-refractivity contribution in [1.29, 1.82) is 0 Å². The standard InChI is InChI=1S/C16H15NO3/c1-10-6-13(15(19)7-14(10)18)16(20)17-8-11-4-2-3-5-12(11)9-17/h2-7,18-19H,8-9H2,1H3/i4D. The molecule has 0 atom stereocenters. The first-order chi connectivity index (χ1) is 9.97. The lowest BCUT2D eigenvalue weighted by Crippen LogP contribution is -2.25. The topological polar surface area (TPSA) is 60.8 Å². The third-order valence-electron chi connectivity index (χ3n) is 3.58. The maximum absolute atomic E-state index is 12.5. The fourth-order valence-corrected chi connectivity index (χ4v) is 2.42. The minimum Gasteiger partial charge on any atom is -0.508 e. The van der Waals surface area contributed by atoms with Gasteiger partial charge in [0.15, 0.2) is 0 Å². The van der Waals surface area contributed by atoms with Crippen LogP contribution in [0.5, 0.6) is 11.5 Å². The number of hydrogen-bond acceptors (Lipinski definition) is 3. The second-order valence-electron chi connectivity index (χ2n) is 4.99. The predicted octanol–water partition coefficient (Wildman–Crippen LogP) is 2.56. The van der Waals surface area contributed by atoms with Crippen LogP contribution in [0.4, 0.5) is 0 Å². The summed E-state index contributed by atoms with van der Waals surface area (Å²) in [4.78, 5) is 14.1. The molecule has 0 fully saturated rings. The second kappa shape index (κ2) is 4.56. The Bertz CT molecular complexity index is 743. The zero-order chi connectivity index (χ0) is 15.1. The van der Waals surface area contributed by atoms with Crippen molar-refractivity contribution >= 4 is 5.91 Å². The maximum Gasteiger partial charge on any atom is 0.258 e. The Morgan fingerprint density at radius 1 is 1.20 bits per heavy atom. The molecule has 1 heterocycles. The van der Waals surface area contributed by atoms with E-state index < -0.39 is 0 Å². The van der Waals surface area contributed by atoms with Crippen LogP contribution in [0.3, 0.4) is 0 Å². The normalized spacial score (nSPS) is 14.1. The minimum absolute atomic E-state index is 0.0396. The lowest BCUT2D eigenvalue weighted by atomic mass is 10.1. The number of hydrogen-bond donors (Lipinski definition) is 2. The van der Waals surface area contributed by atoms with Gasteiger partial charge in [0.25, 0.3) is 5.91 Å². The number of rotatable bonds is 1. The van der Waals surface area contributed by atoms with Crippen molar-refractivity contribution < 1.29 is 16.4 Å². The maximum atomic E-state index is 12.5. The Hall–Kier alpha value is -2.49. The summed E-state index contributed by atoms with van der Waals surface area (Å²) in [5.74, 6) is -0.571. The molecule has 0 radical (unpaired) electrons. The van der Waals surface area contributed by atoms with Crippen molar-refractivity contribution in [3.05, 3.63) is 58.6 Å². The highest BCUT2D eigenvalue weighted by Crippen LogP contribution is 2.30. The van der Waals surface area contributed by atoms with Crippen LogP contribution in [0.15, 0.2) is 36.4 Å². The Morgan fingerprint density at radius 2 is 1.95 bits per heavy atom. The fourth-order valence-electron chi connectivity index (χ4n) is 2.42. The molecule has 0 saturated carbocycles. The number of nitrogens with zero attached hydrogens (tertiary/aromatic N) is 1. The van der Waals surface area contributed by atoms with Crippen LogP contribution >= 0.6 is 0 Å². The van der Waals surface area contributed by atoms with E-state index in [0.29, 0.717) is 24.7 Å². The summed E-state index contributed by atoms with van der Waals surface area (Å²) in [6.07, 6.45) is 0. The SMILES string of the molecule is [2H]c1cccc2c1CN(C(=O)c1cc(C)c(O)cc1O)C2. The van der Waals surface area contributed by atoms with Crippen molar-refractivity contribution in [3.8, 4) is 11.5 Å². The van der Waals surface area contributed by atoms with Gasteiger partial charge in [-0.1, -0.05) is 24.2 Å². The Kier molecular flexibility index (Phi) is 2.59. The number of phenolic OH excluding ortho intramolecular Hbond substituents is 2. The summed E-state index contributed by atoms with van der Waals surface area (Å²) in [5.41, 5.74) is 2.52. The molecule has 0 saturated heterocycles. The number of carbonyl (C=O) groups is 1. The predicted molar refractivity (Wildman–Crippen MR) is 74.5 cm³/mol. The molecule has 3 rings (SSSR count). The summed E-state index contributed by atoms with van der Waals surface area (Å²) < 4.78 is 7.87. The number of aromatic hydroxyl groups is 2. The summed E-state index contributed by atoms with van der Waals surface area (Å²) in [6, 6.07) is 8.50. The number of benzene rings is 2. The van der Waals surface area contributed by atoms with Gasteiger partial charge in [0.1, 0.15) is 11.5 Å². The van der Waals surface area contributed by atoms with E-state index in [9.17, 15) is 15.0 Å². The molecule has 102 valence electrons. The Balaban J connectivity index is 1.92. The van der Waals surface area contributed by atoms with Crippen LogP contribution in [0.25, 0.3) is 0 Å². The molecule has 1 amide bonds. The van der Waals surface area contributed by atoms with Crippen LogP contribution in [0.1, 0.15) is 28.4 Å². The molecule has 2 aromatic carbocycles. The van der Waals surface area contributed by atoms with Crippen molar-refractivity contribution in [2.75, 3.05) is 0 Å². The number of fused-ring (bicyclic) bond motifs is 1. The monoisotopic (exact) mass is 270 g/mol. The number of aryl methyl sites for hydroxylation is 1. The molecule has 1 aliphatic rings. The van der Waals surface area contributed by atoms with Crippen LogP contribution in [0, 0.1) is 6.92 Å². The fraction of sp³-hybridized carbons (Fsp3) is 0.188. The van der Waals surface area contributed by atoms with Gasteiger partial charge in [-0.3, -0.25) is 4.79 Å². The highest BCUT2D eigenvalue weighted by atomic mass is 16.3. The molecule has 2 N–H and O–H groups in total. The third kappa shape index (κ3) is 1.99. The molecule has 2 aromatic rings. The van der Waals surface area contributed by atoms with Crippen molar-refractivity contribution in [1.82, 2.24) is 4.90 Å². The third-order valence-corrected chi connectivity index (χ3v) is 3.58. The molecule has 0 aliphatic carbocycles. The summed E-state index contributed by atoms with van der Waals surface area (Å²) >= 11 is 0. The number of phenols is 2. The van der Waals surface area contributed by atoms with Gasteiger partial charge in [-0.15, -0.1) is 0 Å². The average molecular weight is 270 g/mol. The Labute approximate surface area is 118 Å². The molecule has 1 aliphatic heterocycles. The first-order valence-electron chi connectivity index (χ1n) is 6.86. The van der Waals surface area contributed by atoms with Crippen molar-refractivity contribution in [2.45, 2.75) is 20.0 Å². The van der Waals surface area contributed by atoms with Gasteiger partial charge in [-0.2, -0.15) is 0 Å². The van der Waals surface area contributed by atoms with E-state index in [1.165, 1.54) is 12.1 Å². The van der Waals surface area contributed by atoms with Gasteiger partial charge in [-0.25, -0.2) is 0 Å². The largest absolute Gasteiger partial charge is 0.508 e. The van der Waals surface area contributed by atoms with Crippen molar-refractivity contribution in [3.63, 3.8) is 0 Å². The zero-order valence-corrected chi connectivity index (χ0v) is 11.1. The molecule has 0 unspecified atom stereocenters. The van der Waals surface area contributed by atoms with Crippen LogP contribution < -0.4 is 0 Å². The molecule has 4 heteroatoms. The van der Waals surface area contributed by atoms with Gasteiger partial charge in [0.05, 0.1) is 6.93 Å². The van der Waals surface area contributed by atoms with Gasteiger partial charge in [0.2, 0.25) is 0 Å². The van der Waals surface area contributed by atoms with E-state index in [1.54, 1.807) is 24.0 Å². The molecule has 20 heavy (non-hydrogen) atoms. The molecular weight excluding hydrogens is 254 g/mol. The minimum atomic E-state index is -0.300. The van der Waals surface area contributed by atoms with Gasteiger partial charge >= 0.3 is 0 Å². The van der Waals surface area contributed by atoms with Gasteiger partial charge < -0.3 is 15.1 Å². The highest BCUT2D eigenvalue weighted by molar-refractivity contribution is 5.97. The van der Waals surface area contributed by atoms with Crippen LogP contribution in [-0.2, 0) is 13.1 Å². The van der Waals surface area contributed by atoms with E-state index in [1.807, 2.05) is 6.07 Å². The summed E-state index contributed by atoms with van der Waals surface area (Å²) in [5, 5.41) is 19.4. The van der Waals surface area contributed by atoms with E-state index in [4.69, 9.17) is 1.37 Å². The van der Waals surface area contributed by atoms with E-state index in [0.717, 1.165) is 11.1 Å². The summed E-state index contributed by atoms with van der Waals surface area (Å²) in [6.45, 7) is 2.47. The van der Waals surface area contributed by atoms with Gasteiger partial charge in [-0.05, 0) is 29.7 Å². The van der Waals surface area contributed by atoms with Gasteiger partial charge in [0, 0.05) is 19.2 Å². The second-order valence-corrected chi connectivity index (χ2v) is 4.99. The van der Waals surface area contributed by atoms with E-state index in [-0.39, 0.29) is 23.0 Å². The first-order valence-corrected chi connectivity index (χ1v) is 6.36. The quantitative estimate of drug-likeness (QED) is 0.837. The summed E-state index contributed by atoms with van der Waals surface area (Å²) in [7, 11) is 0. The average Bonchev–Trinajstić information content (AvgIpc) is 2.87. The van der Waals surface area contributed by atoms with E-state index >= 15 is 0 Å². The smallest absolute Gasteiger partial charge is 0.258 e. The van der Waals surface area contributed by atoms with Crippen LogP contribution in [0.2, 0.25) is 0 Å². The zero-order valence-electron chi connectivity index (χ0n) is 12.1. The first kappa shape index (κ1) is 11.3. The molecule has 0 bridgehead atoms. The highest BCUT2D eigenvalue weighted by Gasteiger charge is 2.26. The Morgan fingerprint density at radius 3 is 2.70 bits per heavy atom. The molecule has 0 aromatic heterocycles. The van der Waals surface area contributed by atoms with E-state index in [2.05, 4.69) is 0 Å². The number of amides is 1. The lowest BCUT2D eigenvalue weighted by molar-refractivity contribution is 0.0748. The number of carbonyl (C=O) groups excluding carboxylic acids is 1. The lowest BCUT2D eigenvalue weighted by Gasteiger charge is -2.17. The molecule has 4 nitrogen and oxygen atoms in total. The molecule has 0 spiro atoms. The van der Waals surface area contributed by atoms with Crippen LogP contribution in [-0.4, -0.2) is 21.0 Å². The molecular formula is C16H15NO3.